The van der Waals surface area contributed by atoms with E-state index >= 15 is 0 Å². The fourth-order valence-corrected chi connectivity index (χ4v) is 3.81. The lowest BCUT2D eigenvalue weighted by Gasteiger charge is -2.22. The number of para-hydroxylation sites is 2. The summed E-state index contributed by atoms with van der Waals surface area (Å²) in [6.45, 7) is 0.880. The highest BCUT2D eigenvalue weighted by atomic mass is 19.4. The molecule has 0 spiro atoms. The summed E-state index contributed by atoms with van der Waals surface area (Å²) in [5.74, 6) is -0.291. The van der Waals surface area contributed by atoms with E-state index in [0.29, 0.717) is 24.4 Å². The van der Waals surface area contributed by atoms with Crippen molar-refractivity contribution in [1.29, 1.82) is 0 Å². The number of alkyl halides is 3. The van der Waals surface area contributed by atoms with Crippen molar-refractivity contribution in [2.45, 2.75) is 32.0 Å². The maximum absolute atomic E-state index is 13.5. The molecule has 0 amide bonds. The Morgan fingerprint density at radius 2 is 1.76 bits per heavy atom. The third-order valence-electron chi connectivity index (χ3n) is 5.31. The summed E-state index contributed by atoms with van der Waals surface area (Å²) < 4.78 is 47.2. The number of halogens is 3. The van der Waals surface area contributed by atoms with Crippen LogP contribution in [0.15, 0.2) is 72.9 Å². The van der Waals surface area contributed by atoms with Gasteiger partial charge in [0.1, 0.15) is 12.4 Å². The predicted octanol–water partition coefficient (Wildman–Crippen LogP) is 4.52. The van der Waals surface area contributed by atoms with Gasteiger partial charge in [-0.1, -0.05) is 30.3 Å². The van der Waals surface area contributed by atoms with E-state index in [2.05, 4.69) is 9.97 Å². The zero-order valence-electron chi connectivity index (χ0n) is 18.6. The number of fused-ring (bicyclic) bond motifs is 1. The second-order valence-electron chi connectivity index (χ2n) is 8.14. The van der Waals surface area contributed by atoms with Crippen molar-refractivity contribution in [3.05, 3.63) is 90.0 Å². The number of aliphatic hydroxyl groups is 1. The Bertz CT molecular complexity index is 1210. The molecule has 0 aliphatic carbocycles. The minimum absolute atomic E-state index is 0.196. The van der Waals surface area contributed by atoms with Crippen LogP contribution in [0.3, 0.4) is 0 Å². The molecule has 178 valence electrons. The van der Waals surface area contributed by atoms with Crippen LogP contribution < -0.4 is 4.74 Å². The van der Waals surface area contributed by atoms with Crippen LogP contribution in [0.25, 0.3) is 11.0 Å². The van der Waals surface area contributed by atoms with Gasteiger partial charge in [0.2, 0.25) is 5.82 Å². The topological polar surface area (TPSA) is 63.4 Å². The van der Waals surface area contributed by atoms with E-state index in [4.69, 9.17) is 4.74 Å². The Labute approximate surface area is 195 Å². The van der Waals surface area contributed by atoms with Gasteiger partial charge < -0.3 is 14.4 Å². The molecule has 0 saturated carbocycles. The summed E-state index contributed by atoms with van der Waals surface area (Å²) in [7, 11) is 1.81. The summed E-state index contributed by atoms with van der Waals surface area (Å²) in [5, 5.41) is 10.6. The summed E-state index contributed by atoms with van der Waals surface area (Å²) >= 11 is 0. The number of hydrogen-bond donors (Lipinski definition) is 1. The van der Waals surface area contributed by atoms with Crippen LogP contribution in [0.5, 0.6) is 5.75 Å². The van der Waals surface area contributed by atoms with Crippen molar-refractivity contribution >= 4 is 11.0 Å². The van der Waals surface area contributed by atoms with Crippen molar-refractivity contribution in [1.82, 2.24) is 19.4 Å². The van der Waals surface area contributed by atoms with E-state index in [0.717, 1.165) is 15.8 Å². The minimum atomic E-state index is -4.61. The molecule has 4 rings (SSSR count). The first-order valence-electron chi connectivity index (χ1n) is 10.8. The summed E-state index contributed by atoms with van der Waals surface area (Å²) in [5.41, 5.74) is 2.42. The molecule has 0 unspecified atom stereocenters. The van der Waals surface area contributed by atoms with E-state index in [-0.39, 0.29) is 18.6 Å². The lowest BCUT2D eigenvalue weighted by molar-refractivity contribution is -0.147. The molecular formula is C25H25F3N4O2. The average molecular weight is 470 g/mol. The highest BCUT2D eigenvalue weighted by Crippen LogP contribution is 2.31. The molecule has 1 N–H and O–H groups in total. The standard InChI is InChI=1S/C25H25F3N4O2/c1-31(14-18-9-11-21(12-10-18)34-17-19-6-4-5-13-29-19)15-20(33)16-32-23-8-3-2-7-22(23)30-24(32)25(26,27)28/h2-13,20,33H,14-17H2,1H3/t20-/m0/s1. The summed E-state index contributed by atoms with van der Waals surface area (Å²) in [6, 6.07) is 19.6. The molecule has 0 aliphatic heterocycles. The third kappa shape index (κ3) is 5.92. The molecule has 0 aliphatic rings. The number of ether oxygens (including phenoxy) is 1. The smallest absolute Gasteiger partial charge is 0.449 e. The van der Waals surface area contributed by atoms with Crippen LogP contribution in [-0.2, 0) is 25.9 Å². The van der Waals surface area contributed by atoms with Gasteiger partial charge in [0.05, 0.1) is 29.4 Å². The van der Waals surface area contributed by atoms with Gasteiger partial charge in [-0.15, -0.1) is 0 Å². The van der Waals surface area contributed by atoms with Crippen molar-refractivity contribution in [3.8, 4) is 5.75 Å². The molecule has 6 nitrogen and oxygen atoms in total. The summed E-state index contributed by atoms with van der Waals surface area (Å²) in [6.07, 6.45) is -3.90. The third-order valence-corrected chi connectivity index (χ3v) is 5.31. The van der Waals surface area contributed by atoms with Crippen LogP contribution in [0.1, 0.15) is 17.1 Å². The molecule has 9 heteroatoms. The molecule has 0 saturated heterocycles. The second-order valence-corrected chi connectivity index (χ2v) is 8.14. The first-order valence-corrected chi connectivity index (χ1v) is 10.8. The maximum atomic E-state index is 13.5. The normalized spacial score (nSPS) is 12.9. The molecule has 1 atom stereocenters. The van der Waals surface area contributed by atoms with Gasteiger partial charge in [0.25, 0.3) is 0 Å². The van der Waals surface area contributed by atoms with E-state index in [9.17, 15) is 18.3 Å². The van der Waals surface area contributed by atoms with E-state index in [1.807, 2.05) is 54.4 Å². The monoisotopic (exact) mass is 470 g/mol. The van der Waals surface area contributed by atoms with Crippen molar-refractivity contribution in [3.63, 3.8) is 0 Å². The lowest BCUT2D eigenvalue weighted by atomic mass is 10.2. The van der Waals surface area contributed by atoms with Gasteiger partial charge in [0.15, 0.2) is 0 Å². The zero-order valence-corrected chi connectivity index (χ0v) is 18.6. The van der Waals surface area contributed by atoms with E-state index in [1.54, 1.807) is 24.4 Å². The Hall–Kier alpha value is -3.43. The molecule has 0 bridgehead atoms. The molecule has 0 fully saturated rings. The van der Waals surface area contributed by atoms with Gasteiger partial charge in [-0.05, 0) is 49.0 Å². The lowest BCUT2D eigenvalue weighted by Crippen LogP contribution is -2.32. The number of benzene rings is 2. The number of hydrogen-bond acceptors (Lipinski definition) is 5. The first kappa shape index (κ1) is 23.7. The molecule has 0 radical (unpaired) electrons. The van der Waals surface area contributed by atoms with Crippen LogP contribution in [-0.4, -0.2) is 44.2 Å². The fourth-order valence-electron chi connectivity index (χ4n) is 3.81. The zero-order chi connectivity index (χ0) is 24.1. The SMILES string of the molecule is CN(Cc1ccc(OCc2ccccn2)cc1)C[C@H](O)Cn1c(C(F)(F)F)nc2ccccc21. The largest absolute Gasteiger partial charge is 0.487 e. The quantitative estimate of drug-likeness (QED) is 0.390. The predicted molar refractivity (Wildman–Crippen MR) is 122 cm³/mol. The second kappa shape index (κ2) is 10.2. The van der Waals surface area contributed by atoms with Crippen LogP contribution in [0, 0.1) is 0 Å². The summed E-state index contributed by atoms with van der Waals surface area (Å²) in [4.78, 5) is 9.80. The number of rotatable bonds is 9. The fraction of sp³-hybridized carbons (Fsp3) is 0.280. The van der Waals surface area contributed by atoms with Gasteiger partial charge in [-0.2, -0.15) is 13.2 Å². The van der Waals surface area contributed by atoms with Crippen LogP contribution >= 0.6 is 0 Å². The Morgan fingerprint density at radius 3 is 2.47 bits per heavy atom. The Balaban J connectivity index is 1.34. The Kier molecular flexibility index (Phi) is 7.14. The number of nitrogens with zero attached hydrogens (tertiary/aromatic N) is 4. The van der Waals surface area contributed by atoms with Gasteiger partial charge in [-0.3, -0.25) is 9.88 Å². The minimum Gasteiger partial charge on any atom is -0.487 e. The maximum Gasteiger partial charge on any atom is 0.449 e. The van der Waals surface area contributed by atoms with Gasteiger partial charge in [-0.25, -0.2) is 4.98 Å². The first-order chi connectivity index (χ1) is 16.3. The van der Waals surface area contributed by atoms with Crippen LogP contribution in [0.2, 0.25) is 0 Å². The number of aliphatic hydroxyl groups excluding tert-OH is 1. The highest BCUT2D eigenvalue weighted by Gasteiger charge is 2.38. The van der Waals surface area contributed by atoms with E-state index < -0.39 is 18.1 Å². The van der Waals surface area contributed by atoms with Crippen molar-refractivity contribution in [2.24, 2.45) is 0 Å². The molecule has 2 aromatic heterocycles. The molecular weight excluding hydrogens is 445 g/mol. The Morgan fingerprint density at radius 1 is 1.03 bits per heavy atom. The number of pyridine rings is 1. The van der Waals surface area contributed by atoms with E-state index in [1.165, 1.54) is 6.07 Å². The number of aromatic nitrogens is 3. The van der Waals surface area contributed by atoms with Crippen LogP contribution in [0.4, 0.5) is 13.2 Å². The number of likely N-dealkylation sites (N-methyl/N-ethyl adjacent to an activating group) is 1. The van der Waals surface area contributed by atoms with Crippen molar-refractivity contribution in [2.75, 3.05) is 13.6 Å². The molecule has 34 heavy (non-hydrogen) atoms. The molecule has 2 aromatic carbocycles. The molecule has 4 aromatic rings. The average Bonchev–Trinajstić information content (AvgIpc) is 3.18. The van der Waals surface area contributed by atoms with Gasteiger partial charge >= 0.3 is 6.18 Å². The van der Waals surface area contributed by atoms with Gasteiger partial charge in [0, 0.05) is 19.3 Å². The highest BCUT2D eigenvalue weighted by molar-refractivity contribution is 5.76. The van der Waals surface area contributed by atoms with Crippen molar-refractivity contribution < 1.29 is 23.0 Å². The molecule has 2 heterocycles. The number of imidazole rings is 1.